The molecule has 2 aromatic carbocycles. The molecule has 0 unspecified atom stereocenters. The number of carbonyl (C=O) groups excluding carboxylic acids is 2. The molecule has 3 rings (SSSR count). The van der Waals surface area contributed by atoms with Crippen molar-refractivity contribution in [2.24, 2.45) is 0 Å². The van der Waals surface area contributed by atoms with Crippen molar-refractivity contribution >= 4 is 29.2 Å². The first-order valence-corrected chi connectivity index (χ1v) is 7.99. The van der Waals surface area contributed by atoms with E-state index in [1.54, 1.807) is 6.07 Å². The minimum Gasteiger partial charge on any atom is -0.490 e. The van der Waals surface area contributed by atoms with Crippen LogP contribution in [-0.4, -0.2) is 31.6 Å². The van der Waals surface area contributed by atoms with E-state index >= 15 is 0 Å². The topological polar surface area (TPSA) is 55.8 Å². The van der Waals surface area contributed by atoms with Crippen LogP contribution in [0.2, 0.25) is 5.02 Å². The predicted octanol–water partition coefficient (Wildman–Crippen LogP) is 3.37. The fourth-order valence-electron chi connectivity index (χ4n) is 2.52. The van der Waals surface area contributed by atoms with Crippen molar-refractivity contribution in [3.8, 4) is 5.75 Å². The highest BCUT2D eigenvalue weighted by Gasteiger charge is 2.25. The summed E-state index contributed by atoms with van der Waals surface area (Å²) in [5, 5.41) is 0.0613. The van der Waals surface area contributed by atoms with Crippen LogP contribution in [0.25, 0.3) is 0 Å². The molecule has 0 aromatic heterocycles. The highest BCUT2D eigenvalue weighted by molar-refractivity contribution is 6.33. The zero-order valence-corrected chi connectivity index (χ0v) is 14.2. The fraction of sp³-hybridized carbons (Fsp3) is 0.222. The largest absolute Gasteiger partial charge is 0.490 e. The number of hydrogen-bond donors (Lipinski definition) is 0. The molecule has 0 saturated heterocycles. The maximum atomic E-state index is 13.2. The molecule has 0 N–H and O–H groups in total. The molecular weight excluding hydrogens is 349 g/mol. The van der Waals surface area contributed by atoms with Crippen LogP contribution in [0.4, 0.5) is 10.1 Å². The lowest BCUT2D eigenvalue weighted by atomic mass is 10.1. The van der Waals surface area contributed by atoms with Gasteiger partial charge in [-0.15, -0.1) is 0 Å². The maximum Gasteiger partial charge on any atom is 0.340 e. The van der Waals surface area contributed by atoms with Crippen LogP contribution in [0.3, 0.4) is 0 Å². The van der Waals surface area contributed by atoms with E-state index in [-0.39, 0.29) is 10.6 Å². The number of esters is 1. The minimum atomic E-state index is -0.851. The highest BCUT2D eigenvalue weighted by Crippen LogP contribution is 2.32. The standard InChI is InChI=1S/C18H15ClFNO4/c1-11-2-5-16-15(8-11)21(6-7-24-16)17(22)10-25-18(23)13-9-12(20)3-4-14(13)19/h2-5,8-9H,6-7,10H2,1H3. The molecule has 0 fully saturated rings. The molecule has 1 aliphatic rings. The maximum absolute atomic E-state index is 13.2. The van der Waals surface area contributed by atoms with Gasteiger partial charge in [-0.2, -0.15) is 0 Å². The summed E-state index contributed by atoms with van der Waals surface area (Å²) in [6, 6.07) is 8.88. The lowest BCUT2D eigenvalue weighted by Crippen LogP contribution is -2.40. The number of nitrogens with zero attached hydrogens (tertiary/aromatic N) is 1. The second kappa shape index (κ2) is 7.11. The SMILES string of the molecule is Cc1ccc2c(c1)N(C(=O)COC(=O)c1cc(F)ccc1Cl)CCO2. The highest BCUT2D eigenvalue weighted by atomic mass is 35.5. The molecule has 0 aliphatic carbocycles. The second-order valence-electron chi connectivity index (χ2n) is 5.57. The molecule has 1 aliphatic heterocycles. The Morgan fingerprint density at radius 3 is 2.88 bits per heavy atom. The van der Waals surface area contributed by atoms with Crippen LogP contribution < -0.4 is 9.64 Å². The Kier molecular flexibility index (Phi) is 4.90. The number of amides is 1. The molecule has 2 aromatic rings. The third-order valence-electron chi connectivity index (χ3n) is 3.75. The number of ether oxygens (including phenoxy) is 2. The molecule has 25 heavy (non-hydrogen) atoms. The number of benzene rings is 2. The molecule has 130 valence electrons. The Morgan fingerprint density at radius 2 is 2.08 bits per heavy atom. The summed E-state index contributed by atoms with van der Waals surface area (Å²) in [4.78, 5) is 26.0. The van der Waals surface area contributed by atoms with E-state index in [4.69, 9.17) is 21.1 Å². The Morgan fingerprint density at radius 1 is 1.28 bits per heavy atom. The zero-order valence-electron chi connectivity index (χ0n) is 13.4. The van der Waals surface area contributed by atoms with E-state index in [2.05, 4.69) is 0 Å². The smallest absolute Gasteiger partial charge is 0.340 e. The normalized spacial score (nSPS) is 13.0. The first-order valence-electron chi connectivity index (χ1n) is 7.61. The predicted molar refractivity (Wildman–Crippen MR) is 90.7 cm³/mol. The fourth-order valence-corrected chi connectivity index (χ4v) is 2.72. The Labute approximate surface area is 148 Å². The zero-order chi connectivity index (χ0) is 18.0. The average Bonchev–Trinajstić information content (AvgIpc) is 2.60. The van der Waals surface area contributed by atoms with E-state index in [1.807, 2.05) is 19.1 Å². The van der Waals surface area contributed by atoms with Crippen molar-refractivity contribution in [1.82, 2.24) is 0 Å². The number of halogens is 2. The van der Waals surface area contributed by atoms with E-state index < -0.39 is 24.3 Å². The Bertz CT molecular complexity index is 840. The van der Waals surface area contributed by atoms with Gasteiger partial charge >= 0.3 is 5.97 Å². The summed E-state index contributed by atoms with van der Waals surface area (Å²) >= 11 is 5.86. The molecule has 0 saturated carbocycles. The molecule has 0 atom stereocenters. The number of fused-ring (bicyclic) bond motifs is 1. The average molecular weight is 364 g/mol. The van der Waals surface area contributed by atoms with Gasteiger partial charge in [-0.05, 0) is 42.8 Å². The summed E-state index contributed by atoms with van der Waals surface area (Å²) in [6.45, 7) is 2.14. The number of anilines is 1. The van der Waals surface area contributed by atoms with Crippen molar-refractivity contribution in [2.45, 2.75) is 6.92 Å². The molecular formula is C18H15ClFNO4. The molecule has 0 bridgehead atoms. The van der Waals surface area contributed by atoms with E-state index in [9.17, 15) is 14.0 Å². The number of hydrogen-bond acceptors (Lipinski definition) is 4. The molecule has 1 amide bonds. The lowest BCUT2D eigenvalue weighted by molar-refractivity contribution is -0.121. The van der Waals surface area contributed by atoms with Gasteiger partial charge in [-0.3, -0.25) is 4.79 Å². The molecule has 0 radical (unpaired) electrons. The third-order valence-corrected chi connectivity index (χ3v) is 4.08. The van der Waals surface area contributed by atoms with Crippen LogP contribution >= 0.6 is 11.6 Å². The molecule has 5 nitrogen and oxygen atoms in total. The van der Waals surface area contributed by atoms with Crippen LogP contribution in [0.5, 0.6) is 5.75 Å². The monoisotopic (exact) mass is 363 g/mol. The minimum absolute atomic E-state index is 0.0613. The van der Waals surface area contributed by atoms with Crippen LogP contribution in [0, 0.1) is 12.7 Å². The summed E-state index contributed by atoms with van der Waals surface area (Å²) < 4.78 is 23.8. The van der Waals surface area contributed by atoms with Gasteiger partial charge in [0.05, 0.1) is 22.8 Å². The van der Waals surface area contributed by atoms with Crippen molar-refractivity contribution < 1.29 is 23.5 Å². The molecule has 0 spiro atoms. The quantitative estimate of drug-likeness (QED) is 0.784. The third kappa shape index (κ3) is 3.74. The van der Waals surface area contributed by atoms with Gasteiger partial charge in [0.2, 0.25) is 0 Å². The van der Waals surface area contributed by atoms with Gasteiger partial charge in [0, 0.05) is 0 Å². The van der Waals surface area contributed by atoms with Gasteiger partial charge in [0.25, 0.3) is 5.91 Å². The number of aryl methyl sites for hydroxylation is 1. The van der Waals surface area contributed by atoms with E-state index in [0.717, 1.165) is 17.7 Å². The van der Waals surface area contributed by atoms with Gasteiger partial charge in [-0.25, -0.2) is 9.18 Å². The van der Waals surface area contributed by atoms with Gasteiger partial charge in [0.15, 0.2) is 6.61 Å². The molecule has 1 heterocycles. The summed E-state index contributed by atoms with van der Waals surface area (Å²) in [7, 11) is 0. The van der Waals surface area contributed by atoms with Crippen molar-refractivity contribution in [1.29, 1.82) is 0 Å². The van der Waals surface area contributed by atoms with E-state index in [0.29, 0.717) is 24.6 Å². The summed E-state index contributed by atoms with van der Waals surface area (Å²) in [5.74, 6) is -1.25. The van der Waals surface area contributed by atoms with Crippen molar-refractivity contribution in [2.75, 3.05) is 24.7 Å². The van der Waals surface area contributed by atoms with Crippen LogP contribution in [0.15, 0.2) is 36.4 Å². The summed E-state index contributed by atoms with van der Waals surface area (Å²) in [6.07, 6.45) is 0. The van der Waals surface area contributed by atoms with Gasteiger partial charge < -0.3 is 14.4 Å². The second-order valence-corrected chi connectivity index (χ2v) is 5.97. The van der Waals surface area contributed by atoms with Gasteiger partial charge in [-0.1, -0.05) is 17.7 Å². The summed E-state index contributed by atoms with van der Waals surface area (Å²) in [5.41, 5.74) is 1.49. The first kappa shape index (κ1) is 17.2. The van der Waals surface area contributed by atoms with E-state index in [1.165, 1.54) is 11.0 Å². The van der Waals surface area contributed by atoms with Crippen molar-refractivity contribution in [3.63, 3.8) is 0 Å². The Balaban J connectivity index is 1.71. The Hall–Kier alpha value is -2.60. The lowest BCUT2D eigenvalue weighted by Gasteiger charge is -2.29. The first-order chi connectivity index (χ1) is 12.0. The van der Waals surface area contributed by atoms with Crippen molar-refractivity contribution in [3.05, 3.63) is 58.4 Å². The van der Waals surface area contributed by atoms with Gasteiger partial charge in [0.1, 0.15) is 18.2 Å². The number of rotatable bonds is 3. The molecule has 7 heteroatoms. The number of carbonyl (C=O) groups is 2. The van der Waals surface area contributed by atoms with Crippen LogP contribution in [0.1, 0.15) is 15.9 Å². The van der Waals surface area contributed by atoms with Crippen LogP contribution in [-0.2, 0) is 9.53 Å².